The van der Waals surface area contributed by atoms with Gasteiger partial charge in [0.2, 0.25) is 5.91 Å². The maximum Gasteiger partial charge on any atom is 0.230 e. The number of carbonyl (C=O) groups excluding carboxylic acids is 1. The quantitative estimate of drug-likeness (QED) is 0.689. The first kappa shape index (κ1) is 17.5. The lowest BCUT2D eigenvalue weighted by Crippen LogP contribution is -3.11. The minimum Gasteiger partial charge on any atom is -0.391 e. The van der Waals surface area contributed by atoms with Crippen LogP contribution in [0.2, 0.25) is 5.02 Å². The van der Waals surface area contributed by atoms with Crippen LogP contribution in [0.3, 0.4) is 0 Å². The number of hydrogen-bond donors (Lipinski definition) is 3. The Kier molecular flexibility index (Phi) is 7.07. The molecular weight excluding hydrogens is 312 g/mol. The maximum atomic E-state index is 12.1. The summed E-state index contributed by atoms with van der Waals surface area (Å²) in [4.78, 5) is 13.2. The summed E-state index contributed by atoms with van der Waals surface area (Å²) < 4.78 is 0. The summed E-state index contributed by atoms with van der Waals surface area (Å²) in [5, 5.41) is 12.7. The van der Waals surface area contributed by atoms with Gasteiger partial charge in [-0.15, -0.1) is 0 Å². The Morgan fingerprint density at radius 3 is 2.57 bits per heavy atom. The Hall–Kier alpha value is -1.88. The number of hydrogen-bond acceptors (Lipinski definition) is 2. The van der Waals surface area contributed by atoms with Crippen LogP contribution in [0, 0.1) is 0 Å². The lowest BCUT2D eigenvalue weighted by Gasteiger charge is -2.18. The highest BCUT2D eigenvalue weighted by atomic mass is 35.5. The molecule has 0 saturated carbocycles. The molecule has 0 fully saturated rings. The molecule has 2 rings (SSSR count). The monoisotopic (exact) mass is 333 g/mol. The van der Waals surface area contributed by atoms with Gasteiger partial charge >= 0.3 is 0 Å². The van der Waals surface area contributed by atoms with Crippen molar-refractivity contribution in [1.29, 1.82) is 0 Å². The van der Waals surface area contributed by atoms with Gasteiger partial charge in [-0.25, -0.2) is 0 Å². The molecule has 2 aromatic rings. The third-order valence-corrected chi connectivity index (χ3v) is 3.81. The average molecular weight is 334 g/mol. The number of carbonyl (C=O) groups is 1. The standard InChI is InChI=1S/C18H21ClN2O2/c19-16-7-4-8-17(13-16)20-18(23)9-10-21(11-12-22)14-15-5-2-1-3-6-15/h1-8,13,22H,9-12,14H2,(H,20,23)/p+1. The van der Waals surface area contributed by atoms with Crippen molar-refractivity contribution in [3.8, 4) is 0 Å². The molecule has 0 saturated heterocycles. The van der Waals surface area contributed by atoms with Crippen LogP contribution in [0.15, 0.2) is 54.6 Å². The van der Waals surface area contributed by atoms with E-state index >= 15 is 0 Å². The van der Waals surface area contributed by atoms with Gasteiger partial charge in [-0.2, -0.15) is 0 Å². The Morgan fingerprint density at radius 2 is 1.87 bits per heavy atom. The number of quaternary nitrogens is 1. The molecule has 122 valence electrons. The summed E-state index contributed by atoms with van der Waals surface area (Å²) in [7, 11) is 0. The van der Waals surface area contributed by atoms with Crippen molar-refractivity contribution in [2.75, 3.05) is 25.0 Å². The van der Waals surface area contributed by atoms with Crippen LogP contribution >= 0.6 is 11.6 Å². The van der Waals surface area contributed by atoms with Crippen molar-refractivity contribution in [3.05, 3.63) is 65.2 Å². The zero-order valence-electron chi connectivity index (χ0n) is 13.0. The second-order valence-corrected chi connectivity index (χ2v) is 5.88. The normalized spacial score (nSPS) is 11.9. The zero-order valence-corrected chi connectivity index (χ0v) is 13.7. The van der Waals surface area contributed by atoms with Crippen molar-refractivity contribution in [3.63, 3.8) is 0 Å². The molecule has 1 unspecified atom stereocenters. The van der Waals surface area contributed by atoms with Gasteiger partial charge in [0.25, 0.3) is 0 Å². The number of aliphatic hydroxyl groups excluding tert-OH is 1. The van der Waals surface area contributed by atoms with Crippen molar-refractivity contribution >= 4 is 23.2 Å². The highest BCUT2D eigenvalue weighted by Gasteiger charge is 2.12. The highest BCUT2D eigenvalue weighted by molar-refractivity contribution is 6.30. The van der Waals surface area contributed by atoms with Gasteiger partial charge < -0.3 is 15.3 Å². The average Bonchev–Trinajstić information content (AvgIpc) is 2.54. The van der Waals surface area contributed by atoms with Crippen molar-refractivity contribution < 1.29 is 14.8 Å². The summed E-state index contributed by atoms with van der Waals surface area (Å²) in [5.74, 6) is -0.0456. The number of rotatable bonds is 8. The van der Waals surface area contributed by atoms with E-state index in [-0.39, 0.29) is 12.5 Å². The van der Waals surface area contributed by atoms with Gasteiger partial charge in [0.15, 0.2) is 0 Å². The second-order valence-electron chi connectivity index (χ2n) is 5.44. The molecule has 1 amide bonds. The number of nitrogens with one attached hydrogen (secondary N) is 2. The first-order valence-corrected chi connectivity index (χ1v) is 8.09. The number of aliphatic hydroxyl groups is 1. The van der Waals surface area contributed by atoms with E-state index < -0.39 is 0 Å². The molecule has 4 nitrogen and oxygen atoms in total. The first-order valence-electron chi connectivity index (χ1n) is 7.71. The van der Waals surface area contributed by atoms with E-state index in [1.54, 1.807) is 18.2 Å². The molecule has 0 radical (unpaired) electrons. The first-order chi connectivity index (χ1) is 11.2. The van der Waals surface area contributed by atoms with Gasteiger partial charge in [-0.05, 0) is 18.2 Å². The largest absolute Gasteiger partial charge is 0.391 e. The molecule has 1 atom stereocenters. The van der Waals surface area contributed by atoms with Crippen LogP contribution in [0.25, 0.3) is 0 Å². The second kappa shape index (κ2) is 9.30. The van der Waals surface area contributed by atoms with E-state index in [2.05, 4.69) is 17.4 Å². The summed E-state index contributed by atoms with van der Waals surface area (Å²) in [6.45, 7) is 2.20. The number of halogens is 1. The summed E-state index contributed by atoms with van der Waals surface area (Å²) >= 11 is 5.90. The Morgan fingerprint density at radius 1 is 1.09 bits per heavy atom. The Balaban J connectivity index is 1.84. The highest BCUT2D eigenvalue weighted by Crippen LogP contribution is 2.14. The topological polar surface area (TPSA) is 53.8 Å². The van der Waals surface area contributed by atoms with E-state index in [9.17, 15) is 9.90 Å². The van der Waals surface area contributed by atoms with Gasteiger partial charge in [-0.3, -0.25) is 4.79 Å². The van der Waals surface area contributed by atoms with Crippen molar-refractivity contribution in [2.45, 2.75) is 13.0 Å². The van der Waals surface area contributed by atoms with Crippen LogP contribution in [-0.4, -0.2) is 30.7 Å². The Bertz CT molecular complexity index is 619. The smallest absolute Gasteiger partial charge is 0.230 e. The van der Waals surface area contributed by atoms with E-state index in [1.165, 1.54) is 10.5 Å². The lowest BCUT2D eigenvalue weighted by molar-refractivity contribution is -0.913. The molecule has 0 aliphatic carbocycles. The zero-order chi connectivity index (χ0) is 16.5. The molecule has 3 N–H and O–H groups in total. The fourth-order valence-corrected chi connectivity index (χ4v) is 2.61. The predicted octanol–water partition coefficient (Wildman–Crippen LogP) is 1.75. The van der Waals surface area contributed by atoms with Crippen LogP contribution in [0.1, 0.15) is 12.0 Å². The molecule has 0 bridgehead atoms. The van der Waals surface area contributed by atoms with Crippen LogP contribution in [0.5, 0.6) is 0 Å². The lowest BCUT2D eigenvalue weighted by atomic mass is 10.2. The molecule has 0 heterocycles. The molecule has 0 spiro atoms. The molecule has 0 aliphatic rings. The van der Waals surface area contributed by atoms with E-state index in [1.807, 2.05) is 24.3 Å². The third kappa shape index (κ3) is 6.40. The number of amides is 1. The van der Waals surface area contributed by atoms with E-state index in [0.29, 0.717) is 30.2 Å². The fourth-order valence-electron chi connectivity index (χ4n) is 2.42. The predicted molar refractivity (Wildman–Crippen MR) is 92.6 cm³/mol. The number of benzene rings is 2. The summed E-state index contributed by atoms with van der Waals surface area (Å²) in [6, 6.07) is 17.2. The van der Waals surface area contributed by atoms with E-state index in [4.69, 9.17) is 11.6 Å². The van der Waals surface area contributed by atoms with Crippen LogP contribution in [0.4, 0.5) is 5.69 Å². The number of anilines is 1. The molecule has 2 aromatic carbocycles. The molecule has 0 aliphatic heterocycles. The minimum absolute atomic E-state index is 0.0456. The van der Waals surface area contributed by atoms with E-state index in [0.717, 1.165) is 6.54 Å². The van der Waals surface area contributed by atoms with Crippen molar-refractivity contribution in [1.82, 2.24) is 0 Å². The minimum atomic E-state index is -0.0456. The molecule has 0 aromatic heterocycles. The van der Waals surface area contributed by atoms with Gasteiger partial charge in [0.1, 0.15) is 13.1 Å². The fraction of sp³-hybridized carbons (Fsp3) is 0.278. The SMILES string of the molecule is O=C(CC[NH+](CCO)Cc1ccccc1)Nc1cccc(Cl)c1. The van der Waals surface area contributed by atoms with Gasteiger partial charge in [-0.1, -0.05) is 48.0 Å². The van der Waals surface area contributed by atoms with Crippen LogP contribution in [-0.2, 0) is 11.3 Å². The van der Waals surface area contributed by atoms with Crippen LogP contribution < -0.4 is 10.2 Å². The van der Waals surface area contributed by atoms with Crippen molar-refractivity contribution in [2.24, 2.45) is 0 Å². The summed E-state index contributed by atoms with van der Waals surface area (Å²) in [5.41, 5.74) is 1.90. The van der Waals surface area contributed by atoms with Gasteiger partial charge in [0, 0.05) is 16.3 Å². The third-order valence-electron chi connectivity index (χ3n) is 3.58. The molecular formula is C18H22ClN2O2+. The molecule has 23 heavy (non-hydrogen) atoms. The van der Waals surface area contributed by atoms with Gasteiger partial charge in [0.05, 0.1) is 19.6 Å². The summed E-state index contributed by atoms with van der Waals surface area (Å²) in [6.07, 6.45) is 0.398. The maximum absolute atomic E-state index is 12.1. The Labute approximate surface area is 141 Å². The molecule has 5 heteroatoms.